The number of nitrogens with zero attached hydrogens (tertiary/aromatic N) is 1. The Balaban J connectivity index is 0.000000245. The molecule has 0 atom stereocenters. The van der Waals surface area contributed by atoms with E-state index < -0.39 is 7.32 Å². The van der Waals surface area contributed by atoms with E-state index in [-0.39, 0.29) is 0 Å². The van der Waals surface area contributed by atoms with Crippen LogP contribution in [0.25, 0.3) is 10.9 Å². The molecule has 2 aromatic rings. The van der Waals surface area contributed by atoms with Crippen molar-refractivity contribution in [2.45, 2.75) is 0 Å². The van der Waals surface area contributed by atoms with Crippen molar-refractivity contribution in [3.05, 3.63) is 41.6 Å². The highest BCUT2D eigenvalue weighted by Gasteiger charge is 1.95. The lowest BCUT2D eigenvalue weighted by atomic mass is 10.2. The number of benzene rings is 1. The van der Waals surface area contributed by atoms with Gasteiger partial charge in [0.05, 0.1) is 5.52 Å². The van der Waals surface area contributed by atoms with Gasteiger partial charge in [-0.3, -0.25) is 4.98 Å². The van der Waals surface area contributed by atoms with E-state index >= 15 is 0 Å². The lowest BCUT2D eigenvalue weighted by Crippen LogP contribution is -2.07. The van der Waals surface area contributed by atoms with Crippen molar-refractivity contribution in [1.82, 2.24) is 4.98 Å². The van der Waals surface area contributed by atoms with Gasteiger partial charge in [-0.1, -0.05) is 17.7 Å². The molecule has 0 saturated heterocycles. The Morgan fingerprint density at radius 3 is 2.33 bits per heavy atom. The van der Waals surface area contributed by atoms with Crippen LogP contribution in [-0.2, 0) is 0 Å². The molecule has 0 spiro atoms. The first kappa shape index (κ1) is 11.9. The first-order valence-corrected chi connectivity index (χ1v) is 4.52. The molecule has 0 saturated carbocycles. The Hall–Kier alpha value is -1.14. The molecular weight excluding hydrogens is 216 g/mol. The van der Waals surface area contributed by atoms with E-state index in [0.29, 0.717) is 0 Å². The van der Waals surface area contributed by atoms with Crippen molar-refractivity contribution in [1.29, 1.82) is 0 Å². The SMILES string of the molecule is Clc1cccc2ncccc12.OB(O)O. The van der Waals surface area contributed by atoms with Crippen LogP contribution in [0.2, 0.25) is 5.02 Å². The Labute approximate surface area is 92.0 Å². The molecule has 2 rings (SSSR count). The third-order valence-corrected chi connectivity index (χ3v) is 1.92. The van der Waals surface area contributed by atoms with Crippen LogP contribution in [0.1, 0.15) is 0 Å². The summed E-state index contributed by atoms with van der Waals surface area (Å²) in [6.07, 6.45) is 1.76. The van der Waals surface area contributed by atoms with Crippen LogP contribution in [0.4, 0.5) is 0 Å². The predicted molar refractivity (Wildman–Crippen MR) is 59.2 cm³/mol. The van der Waals surface area contributed by atoms with E-state index in [1.807, 2.05) is 30.3 Å². The van der Waals surface area contributed by atoms with Crippen molar-refractivity contribution in [2.24, 2.45) is 0 Å². The van der Waals surface area contributed by atoms with E-state index in [9.17, 15) is 0 Å². The molecule has 0 bridgehead atoms. The quantitative estimate of drug-likeness (QED) is 0.581. The fourth-order valence-corrected chi connectivity index (χ4v) is 1.30. The normalized spacial score (nSPS) is 9.33. The predicted octanol–water partition coefficient (Wildman–Crippen LogP) is 0.836. The Morgan fingerprint density at radius 2 is 1.73 bits per heavy atom. The van der Waals surface area contributed by atoms with Crippen molar-refractivity contribution in [3.63, 3.8) is 0 Å². The number of halogens is 1. The van der Waals surface area contributed by atoms with Crippen molar-refractivity contribution in [3.8, 4) is 0 Å². The minimum atomic E-state index is -2.17. The zero-order valence-electron chi connectivity index (χ0n) is 7.71. The summed E-state index contributed by atoms with van der Waals surface area (Å²) < 4.78 is 0. The molecule has 0 aliphatic rings. The summed E-state index contributed by atoms with van der Waals surface area (Å²) in [7, 11) is -2.17. The molecule has 15 heavy (non-hydrogen) atoms. The van der Waals surface area contributed by atoms with E-state index in [1.165, 1.54) is 0 Å². The van der Waals surface area contributed by atoms with E-state index in [1.54, 1.807) is 6.20 Å². The van der Waals surface area contributed by atoms with Crippen molar-refractivity contribution in [2.75, 3.05) is 0 Å². The van der Waals surface area contributed by atoms with Crippen LogP contribution in [0.15, 0.2) is 36.5 Å². The zero-order valence-corrected chi connectivity index (χ0v) is 8.46. The van der Waals surface area contributed by atoms with E-state index in [4.69, 9.17) is 26.7 Å². The fourth-order valence-electron chi connectivity index (χ4n) is 1.07. The number of aromatic nitrogens is 1. The van der Waals surface area contributed by atoms with Gasteiger partial charge >= 0.3 is 7.32 Å². The molecule has 3 N–H and O–H groups in total. The second-order valence-electron chi connectivity index (χ2n) is 2.66. The topological polar surface area (TPSA) is 73.6 Å². The molecule has 0 fully saturated rings. The molecule has 1 aromatic carbocycles. The van der Waals surface area contributed by atoms with Crippen LogP contribution in [0.3, 0.4) is 0 Å². The number of hydrogen-bond donors (Lipinski definition) is 3. The lowest BCUT2D eigenvalue weighted by Gasteiger charge is -1.96. The van der Waals surface area contributed by atoms with Gasteiger partial charge < -0.3 is 15.1 Å². The number of fused-ring (bicyclic) bond motifs is 1. The standard InChI is InChI=1S/C9H6ClN.BH3O3/c10-8-4-1-5-9-7(8)3-2-6-11-9;2-1(3)4/h1-6H;2-4H. The molecule has 0 aliphatic heterocycles. The monoisotopic (exact) mass is 225 g/mol. The molecule has 0 amide bonds. The van der Waals surface area contributed by atoms with Gasteiger partial charge in [0.1, 0.15) is 0 Å². The van der Waals surface area contributed by atoms with Gasteiger partial charge in [-0.25, -0.2) is 0 Å². The van der Waals surface area contributed by atoms with Gasteiger partial charge in [0.2, 0.25) is 0 Å². The van der Waals surface area contributed by atoms with Crippen LogP contribution in [0.5, 0.6) is 0 Å². The second-order valence-corrected chi connectivity index (χ2v) is 3.06. The highest BCUT2D eigenvalue weighted by Crippen LogP contribution is 2.20. The van der Waals surface area contributed by atoms with Gasteiger partial charge in [-0.05, 0) is 24.3 Å². The Kier molecular flexibility index (Phi) is 4.52. The summed E-state index contributed by atoms with van der Waals surface area (Å²) in [5.74, 6) is 0. The number of rotatable bonds is 0. The van der Waals surface area contributed by atoms with Gasteiger partial charge in [-0.15, -0.1) is 0 Å². The van der Waals surface area contributed by atoms with Crippen LogP contribution in [0, 0.1) is 0 Å². The third kappa shape index (κ3) is 3.85. The van der Waals surface area contributed by atoms with Crippen molar-refractivity contribution < 1.29 is 15.1 Å². The summed E-state index contributed by atoms with van der Waals surface area (Å²) in [4.78, 5) is 4.16. The lowest BCUT2D eigenvalue weighted by molar-refractivity contribution is 0.278. The highest BCUT2D eigenvalue weighted by atomic mass is 35.5. The van der Waals surface area contributed by atoms with Gasteiger partial charge in [0.25, 0.3) is 0 Å². The van der Waals surface area contributed by atoms with Gasteiger partial charge in [0.15, 0.2) is 0 Å². The van der Waals surface area contributed by atoms with E-state index in [0.717, 1.165) is 15.9 Å². The Bertz CT molecular complexity index is 430. The molecule has 4 nitrogen and oxygen atoms in total. The summed E-state index contributed by atoms with van der Waals surface area (Å²) in [6, 6.07) is 9.56. The highest BCUT2D eigenvalue weighted by molar-refractivity contribution is 6.35. The average molecular weight is 225 g/mol. The molecule has 6 heteroatoms. The first-order valence-electron chi connectivity index (χ1n) is 4.14. The smallest absolute Gasteiger partial charge is 0.402 e. The molecule has 1 heterocycles. The van der Waals surface area contributed by atoms with Crippen LogP contribution < -0.4 is 0 Å². The molecule has 1 aromatic heterocycles. The Morgan fingerprint density at radius 1 is 1.07 bits per heavy atom. The molecule has 0 radical (unpaired) electrons. The average Bonchev–Trinajstić information content (AvgIpc) is 2.18. The third-order valence-electron chi connectivity index (χ3n) is 1.59. The minimum Gasteiger partial charge on any atom is -0.402 e. The van der Waals surface area contributed by atoms with Crippen LogP contribution >= 0.6 is 11.6 Å². The first-order chi connectivity index (χ1) is 7.11. The van der Waals surface area contributed by atoms with Gasteiger partial charge in [0, 0.05) is 16.6 Å². The van der Waals surface area contributed by atoms with Gasteiger partial charge in [-0.2, -0.15) is 0 Å². The van der Waals surface area contributed by atoms with Crippen molar-refractivity contribution >= 4 is 29.8 Å². The summed E-state index contributed by atoms with van der Waals surface area (Å²) in [5, 5.41) is 23.3. The second kappa shape index (κ2) is 5.67. The summed E-state index contributed by atoms with van der Waals surface area (Å²) >= 11 is 5.92. The minimum absolute atomic E-state index is 0.760. The molecular formula is C9H9BClNO3. The largest absolute Gasteiger partial charge is 0.631 e. The maximum atomic E-state index is 7.17. The van der Waals surface area contributed by atoms with Crippen LogP contribution in [-0.4, -0.2) is 27.4 Å². The fraction of sp³-hybridized carbons (Fsp3) is 0. The molecule has 0 aliphatic carbocycles. The zero-order chi connectivity index (χ0) is 11.3. The number of hydrogen-bond acceptors (Lipinski definition) is 4. The molecule has 78 valence electrons. The summed E-state index contributed by atoms with van der Waals surface area (Å²) in [5.41, 5.74) is 0.944. The summed E-state index contributed by atoms with van der Waals surface area (Å²) in [6.45, 7) is 0. The number of pyridine rings is 1. The van der Waals surface area contributed by atoms with E-state index in [2.05, 4.69) is 4.98 Å². The maximum Gasteiger partial charge on any atom is 0.631 e. The maximum absolute atomic E-state index is 7.17. The molecule has 0 unspecified atom stereocenters.